The average molecular weight is 434 g/mol. The van der Waals surface area contributed by atoms with Gasteiger partial charge in [-0.3, -0.25) is 4.55 Å². The average Bonchev–Trinajstić information content (AvgIpc) is 2.98. The third-order valence-electron chi connectivity index (χ3n) is 4.96. The molecule has 2 unspecified atom stereocenters. The Morgan fingerprint density at radius 3 is 2.57 bits per heavy atom. The first-order valence-corrected chi connectivity index (χ1v) is 10.3. The monoisotopic (exact) mass is 434 g/mol. The normalized spacial score (nSPS) is 20.1. The lowest BCUT2D eigenvalue weighted by atomic mass is 9.90. The van der Waals surface area contributed by atoms with Gasteiger partial charge in [0.25, 0.3) is 0 Å². The zero-order valence-electron chi connectivity index (χ0n) is 15.8. The van der Waals surface area contributed by atoms with E-state index in [-0.39, 0.29) is 13.2 Å². The fourth-order valence-electron chi connectivity index (χ4n) is 3.76. The predicted molar refractivity (Wildman–Crippen MR) is 101 cm³/mol. The summed E-state index contributed by atoms with van der Waals surface area (Å²) in [6, 6.07) is 11.4. The van der Waals surface area contributed by atoms with E-state index in [1.54, 1.807) is 18.2 Å². The van der Waals surface area contributed by atoms with Gasteiger partial charge in [0.2, 0.25) is 0 Å². The maximum absolute atomic E-state index is 12.8. The quantitative estimate of drug-likeness (QED) is 0.541. The Morgan fingerprint density at radius 1 is 1.17 bits per heavy atom. The number of fused-ring (bicyclic) bond motifs is 4. The van der Waals surface area contributed by atoms with Crippen molar-refractivity contribution in [3.63, 3.8) is 0 Å². The van der Waals surface area contributed by atoms with Gasteiger partial charge in [0.15, 0.2) is 6.04 Å². The van der Waals surface area contributed by atoms with E-state index in [0.29, 0.717) is 21.9 Å². The number of hydrogen-bond donors (Lipinski definition) is 1. The van der Waals surface area contributed by atoms with E-state index in [4.69, 9.17) is 14.0 Å². The summed E-state index contributed by atoms with van der Waals surface area (Å²) in [7, 11) is -3.78. The van der Waals surface area contributed by atoms with Gasteiger partial charge in [-0.15, -0.1) is 4.28 Å². The number of benzene rings is 2. The van der Waals surface area contributed by atoms with Crippen molar-refractivity contribution in [3.05, 3.63) is 65.2 Å². The van der Waals surface area contributed by atoms with Crippen molar-refractivity contribution >= 4 is 22.4 Å². The van der Waals surface area contributed by atoms with Gasteiger partial charge in [-0.05, 0) is 17.2 Å². The number of ether oxygens (including phenoxy) is 2. The Kier molecular flexibility index (Phi) is 5.10. The molecule has 2 aromatic carbocycles. The summed E-state index contributed by atoms with van der Waals surface area (Å²) >= 11 is 0. The van der Waals surface area contributed by atoms with Crippen molar-refractivity contribution < 1.29 is 36.3 Å². The molecule has 2 aliphatic heterocycles. The summed E-state index contributed by atoms with van der Waals surface area (Å²) < 4.78 is 47.0. The van der Waals surface area contributed by atoms with Crippen LogP contribution < -0.4 is 4.74 Å². The molecule has 1 saturated heterocycles. The number of esters is 1. The van der Waals surface area contributed by atoms with E-state index in [2.05, 4.69) is 4.28 Å². The number of hydroxylamine groups is 2. The van der Waals surface area contributed by atoms with E-state index >= 15 is 0 Å². The molecule has 11 heteroatoms. The second-order valence-corrected chi connectivity index (χ2v) is 7.74. The molecule has 1 N–H and O–H groups in total. The van der Waals surface area contributed by atoms with Gasteiger partial charge in [-0.1, -0.05) is 42.5 Å². The van der Waals surface area contributed by atoms with Crippen LogP contribution in [0.3, 0.4) is 0 Å². The van der Waals surface area contributed by atoms with Gasteiger partial charge < -0.3 is 14.4 Å². The van der Waals surface area contributed by atoms with E-state index in [1.807, 2.05) is 30.3 Å². The van der Waals surface area contributed by atoms with E-state index in [9.17, 15) is 18.0 Å². The summed E-state index contributed by atoms with van der Waals surface area (Å²) in [4.78, 5) is 26.3. The third-order valence-corrected chi connectivity index (χ3v) is 5.31. The minimum Gasteiger partial charge on any atom is -0.489 e. The molecule has 0 aliphatic carbocycles. The highest BCUT2D eigenvalue weighted by atomic mass is 32.3. The summed E-state index contributed by atoms with van der Waals surface area (Å²) in [5.41, 5.74) is 1.73. The van der Waals surface area contributed by atoms with Crippen molar-refractivity contribution in [2.75, 3.05) is 13.7 Å². The zero-order valence-corrected chi connectivity index (χ0v) is 16.6. The highest BCUT2D eigenvalue weighted by Crippen LogP contribution is 2.48. The third kappa shape index (κ3) is 3.58. The minimum atomic E-state index is -4.97. The molecule has 2 atom stereocenters. The van der Waals surface area contributed by atoms with Crippen molar-refractivity contribution in [2.24, 2.45) is 0 Å². The zero-order chi connectivity index (χ0) is 21.5. The minimum absolute atomic E-state index is 0.0488. The Balaban J connectivity index is 1.77. The van der Waals surface area contributed by atoms with Crippen LogP contribution in [0.15, 0.2) is 48.5 Å². The van der Waals surface area contributed by atoms with E-state index in [0.717, 1.165) is 10.5 Å². The number of carbonyl (C=O) groups is 2. The number of carbonyl (C=O) groups excluding carboxylic acids is 2. The summed E-state index contributed by atoms with van der Waals surface area (Å²) in [5, 5.41) is 0.534. The maximum Gasteiger partial charge on any atom is 0.418 e. The molecular formula is C19H18N2O8S. The van der Waals surface area contributed by atoms with Gasteiger partial charge >= 0.3 is 22.4 Å². The largest absolute Gasteiger partial charge is 0.489 e. The summed E-state index contributed by atoms with van der Waals surface area (Å²) in [5.74, 6) is -0.342. The van der Waals surface area contributed by atoms with Crippen LogP contribution in [0.2, 0.25) is 0 Å². The molecule has 0 aromatic heterocycles. The molecule has 2 amide bonds. The number of urea groups is 1. The van der Waals surface area contributed by atoms with Crippen LogP contribution in [0.1, 0.15) is 28.8 Å². The Morgan fingerprint density at radius 2 is 1.90 bits per heavy atom. The number of nitrogens with zero attached hydrogens (tertiary/aromatic N) is 2. The molecular weight excluding hydrogens is 416 g/mol. The second kappa shape index (κ2) is 7.59. The van der Waals surface area contributed by atoms with Crippen LogP contribution in [0, 0.1) is 0 Å². The van der Waals surface area contributed by atoms with Crippen LogP contribution in [0.4, 0.5) is 4.79 Å². The van der Waals surface area contributed by atoms with Crippen LogP contribution in [-0.2, 0) is 30.8 Å². The van der Waals surface area contributed by atoms with E-state index < -0.39 is 34.5 Å². The van der Waals surface area contributed by atoms with Crippen LogP contribution >= 0.6 is 0 Å². The Bertz CT molecular complexity index is 1090. The molecule has 2 aliphatic rings. The first-order chi connectivity index (χ1) is 14.3. The van der Waals surface area contributed by atoms with Gasteiger partial charge in [0.05, 0.1) is 13.7 Å². The van der Waals surface area contributed by atoms with Crippen molar-refractivity contribution in [3.8, 4) is 5.75 Å². The predicted octanol–water partition coefficient (Wildman–Crippen LogP) is 2.01. The van der Waals surface area contributed by atoms with Gasteiger partial charge in [0.1, 0.15) is 18.4 Å². The lowest BCUT2D eigenvalue weighted by molar-refractivity contribution is -0.146. The standard InChI is InChI=1S/C19H18N2O8S/c1-27-18(22)17-13-8-5-9-15(28-11-12-6-3-2-4-7-12)16(13)14-10-20(17)19(23)21(14)29-30(24,25)26/h2-9,14,17H,10-11H2,1H3,(H,24,25,26). The van der Waals surface area contributed by atoms with Gasteiger partial charge in [-0.25, -0.2) is 9.59 Å². The molecule has 4 rings (SSSR count). The molecule has 10 nitrogen and oxygen atoms in total. The molecule has 30 heavy (non-hydrogen) atoms. The van der Waals surface area contributed by atoms with E-state index in [1.165, 1.54) is 7.11 Å². The topological polar surface area (TPSA) is 123 Å². The van der Waals surface area contributed by atoms with Crippen molar-refractivity contribution in [1.29, 1.82) is 0 Å². The Labute approximate surface area is 172 Å². The first kappa shape index (κ1) is 20.1. The van der Waals surface area contributed by atoms with Gasteiger partial charge in [0, 0.05) is 5.56 Å². The molecule has 0 radical (unpaired) electrons. The lowest BCUT2D eigenvalue weighted by Gasteiger charge is -2.32. The molecule has 2 aromatic rings. The fraction of sp³-hybridized carbons (Fsp3) is 0.263. The first-order valence-electron chi connectivity index (χ1n) is 8.94. The summed E-state index contributed by atoms with van der Waals surface area (Å²) in [6.07, 6.45) is 0. The van der Waals surface area contributed by atoms with Crippen LogP contribution in [0.5, 0.6) is 5.75 Å². The Hall–Kier alpha value is -3.15. The highest BCUT2D eigenvalue weighted by molar-refractivity contribution is 7.80. The smallest absolute Gasteiger partial charge is 0.418 e. The molecule has 2 heterocycles. The van der Waals surface area contributed by atoms with Crippen LogP contribution in [0.25, 0.3) is 0 Å². The molecule has 0 saturated carbocycles. The number of amides is 2. The lowest BCUT2D eigenvalue weighted by Crippen LogP contribution is -2.39. The second-order valence-electron chi connectivity index (χ2n) is 6.74. The molecule has 1 fully saturated rings. The summed E-state index contributed by atoms with van der Waals surface area (Å²) in [6.45, 7) is 0.163. The van der Waals surface area contributed by atoms with Crippen molar-refractivity contribution in [1.82, 2.24) is 9.96 Å². The maximum atomic E-state index is 12.8. The number of hydrogen-bond acceptors (Lipinski definition) is 7. The molecule has 2 bridgehead atoms. The van der Waals surface area contributed by atoms with Gasteiger partial charge in [-0.2, -0.15) is 13.5 Å². The van der Waals surface area contributed by atoms with Crippen molar-refractivity contribution in [2.45, 2.75) is 18.7 Å². The number of methoxy groups -OCH3 is 1. The highest BCUT2D eigenvalue weighted by Gasteiger charge is 2.53. The number of rotatable bonds is 6. The van der Waals surface area contributed by atoms with Crippen LogP contribution in [-0.4, -0.2) is 48.6 Å². The fourth-order valence-corrected chi connectivity index (χ4v) is 4.13. The molecule has 158 valence electrons. The SMILES string of the molecule is COC(=O)C1c2cccc(OCc3ccccc3)c2C2CN1C(=O)N2OS(=O)(=O)O. The molecule has 0 spiro atoms.